The normalized spacial score (nSPS) is 10.9. The van der Waals surface area contributed by atoms with Crippen molar-refractivity contribution < 1.29 is 4.74 Å². The van der Waals surface area contributed by atoms with Gasteiger partial charge in [0.1, 0.15) is 12.4 Å². The second-order valence-electron chi connectivity index (χ2n) is 5.96. The van der Waals surface area contributed by atoms with Crippen LogP contribution in [-0.2, 0) is 13.2 Å². The Morgan fingerprint density at radius 3 is 2.05 bits per heavy atom. The van der Waals surface area contributed by atoms with E-state index in [1.165, 1.54) is 22.3 Å². The third-order valence-electron chi connectivity index (χ3n) is 3.34. The van der Waals surface area contributed by atoms with E-state index in [1.54, 1.807) is 0 Å². The minimum atomic E-state index is 0.512. The predicted octanol–water partition coefficient (Wildman–Crippen LogP) is 4.38. The van der Waals surface area contributed by atoms with Crippen LogP contribution in [0.15, 0.2) is 42.5 Å². The van der Waals surface area contributed by atoms with Gasteiger partial charge in [0.05, 0.1) is 0 Å². The van der Waals surface area contributed by atoms with Crippen molar-refractivity contribution in [2.75, 3.05) is 0 Å². The van der Waals surface area contributed by atoms with Crippen molar-refractivity contribution in [1.29, 1.82) is 0 Å². The molecular weight excluding hydrogens is 258 g/mol. The summed E-state index contributed by atoms with van der Waals surface area (Å²) in [5.41, 5.74) is 4.97. The minimum Gasteiger partial charge on any atom is -0.489 e. The first-order valence-electron chi connectivity index (χ1n) is 7.55. The summed E-state index contributed by atoms with van der Waals surface area (Å²) < 4.78 is 5.88. The van der Waals surface area contributed by atoms with Gasteiger partial charge in [-0.05, 0) is 48.2 Å². The highest BCUT2D eigenvalue weighted by Crippen LogP contribution is 2.17. The predicted molar refractivity (Wildman–Crippen MR) is 88.7 cm³/mol. The maximum absolute atomic E-state index is 5.88. The summed E-state index contributed by atoms with van der Waals surface area (Å²) in [4.78, 5) is 0. The lowest BCUT2D eigenvalue weighted by Gasteiger charge is -2.10. The Bertz CT molecular complexity index is 552. The molecule has 0 saturated heterocycles. The first kappa shape index (κ1) is 15.6. The van der Waals surface area contributed by atoms with Crippen LogP contribution in [-0.4, -0.2) is 6.04 Å². The number of hydrogen-bond donors (Lipinski definition) is 1. The molecular formula is C19H25NO. The van der Waals surface area contributed by atoms with Crippen molar-refractivity contribution in [3.8, 4) is 5.75 Å². The van der Waals surface area contributed by atoms with Crippen molar-refractivity contribution in [2.24, 2.45) is 0 Å². The van der Waals surface area contributed by atoms with Gasteiger partial charge >= 0.3 is 0 Å². The zero-order valence-corrected chi connectivity index (χ0v) is 13.4. The smallest absolute Gasteiger partial charge is 0.120 e. The van der Waals surface area contributed by atoms with Crippen LogP contribution in [0.2, 0.25) is 0 Å². The molecule has 2 rings (SSSR count). The standard InChI is InChI=1S/C19H25NO/c1-14(2)20-12-17-5-7-18(8-6-17)13-21-19-10-15(3)9-16(4)11-19/h5-11,14,20H,12-13H2,1-4H3. The van der Waals surface area contributed by atoms with Crippen molar-refractivity contribution >= 4 is 0 Å². The van der Waals surface area contributed by atoms with Gasteiger partial charge in [0, 0.05) is 12.6 Å². The molecule has 21 heavy (non-hydrogen) atoms. The SMILES string of the molecule is Cc1cc(C)cc(OCc2ccc(CNC(C)C)cc2)c1. The van der Waals surface area contributed by atoms with Crippen LogP contribution in [0.4, 0.5) is 0 Å². The molecule has 2 aromatic carbocycles. The van der Waals surface area contributed by atoms with Crippen LogP contribution in [0.1, 0.15) is 36.1 Å². The number of aryl methyl sites for hydroxylation is 2. The zero-order chi connectivity index (χ0) is 15.2. The third-order valence-corrected chi connectivity index (χ3v) is 3.34. The number of hydrogen-bond acceptors (Lipinski definition) is 2. The Balaban J connectivity index is 1.91. The van der Waals surface area contributed by atoms with Crippen molar-refractivity contribution in [3.63, 3.8) is 0 Å². The first-order valence-corrected chi connectivity index (χ1v) is 7.55. The van der Waals surface area contributed by atoms with E-state index in [0.29, 0.717) is 12.6 Å². The van der Waals surface area contributed by atoms with E-state index >= 15 is 0 Å². The van der Waals surface area contributed by atoms with Crippen LogP contribution < -0.4 is 10.1 Å². The van der Waals surface area contributed by atoms with E-state index in [-0.39, 0.29) is 0 Å². The van der Waals surface area contributed by atoms with E-state index in [1.807, 2.05) is 0 Å². The lowest BCUT2D eigenvalue weighted by molar-refractivity contribution is 0.306. The van der Waals surface area contributed by atoms with E-state index in [9.17, 15) is 0 Å². The molecule has 2 heteroatoms. The van der Waals surface area contributed by atoms with E-state index < -0.39 is 0 Å². The molecule has 0 bridgehead atoms. The number of benzene rings is 2. The number of nitrogens with one attached hydrogen (secondary N) is 1. The molecule has 2 nitrogen and oxygen atoms in total. The number of rotatable bonds is 6. The number of ether oxygens (including phenoxy) is 1. The van der Waals surface area contributed by atoms with Crippen LogP contribution in [0, 0.1) is 13.8 Å². The van der Waals surface area contributed by atoms with E-state index in [4.69, 9.17) is 4.74 Å². The maximum Gasteiger partial charge on any atom is 0.120 e. The summed E-state index contributed by atoms with van der Waals surface area (Å²) in [6, 6.07) is 15.4. The van der Waals surface area contributed by atoms with Gasteiger partial charge in [-0.3, -0.25) is 0 Å². The molecule has 0 radical (unpaired) electrons. The summed E-state index contributed by atoms with van der Waals surface area (Å²) in [5, 5.41) is 3.42. The Morgan fingerprint density at radius 1 is 0.905 bits per heavy atom. The highest BCUT2D eigenvalue weighted by molar-refractivity contribution is 5.33. The quantitative estimate of drug-likeness (QED) is 0.849. The molecule has 0 heterocycles. The molecule has 0 spiro atoms. The second-order valence-corrected chi connectivity index (χ2v) is 5.96. The fraction of sp³-hybridized carbons (Fsp3) is 0.368. The maximum atomic E-state index is 5.88. The van der Waals surface area contributed by atoms with Crippen molar-refractivity contribution in [3.05, 3.63) is 64.7 Å². The van der Waals surface area contributed by atoms with Gasteiger partial charge in [0.25, 0.3) is 0 Å². The van der Waals surface area contributed by atoms with Crippen molar-refractivity contribution in [1.82, 2.24) is 5.32 Å². The van der Waals surface area contributed by atoms with Crippen LogP contribution in [0.25, 0.3) is 0 Å². The zero-order valence-electron chi connectivity index (χ0n) is 13.4. The van der Waals surface area contributed by atoms with E-state index in [0.717, 1.165) is 12.3 Å². The lowest BCUT2D eigenvalue weighted by Crippen LogP contribution is -2.21. The van der Waals surface area contributed by atoms with Crippen molar-refractivity contribution in [2.45, 2.75) is 46.9 Å². The Kier molecular flexibility index (Phi) is 5.40. The Morgan fingerprint density at radius 2 is 1.48 bits per heavy atom. The largest absolute Gasteiger partial charge is 0.489 e. The fourth-order valence-electron chi connectivity index (χ4n) is 2.26. The molecule has 0 amide bonds. The molecule has 1 N–H and O–H groups in total. The summed E-state index contributed by atoms with van der Waals surface area (Å²) >= 11 is 0. The Labute approximate surface area is 128 Å². The highest BCUT2D eigenvalue weighted by Gasteiger charge is 2.00. The summed E-state index contributed by atoms with van der Waals surface area (Å²) in [6.07, 6.45) is 0. The van der Waals surface area contributed by atoms with Gasteiger partial charge in [-0.25, -0.2) is 0 Å². The molecule has 0 saturated carbocycles. The monoisotopic (exact) mass is 283 g/mol. The lowest BCUT2D eigenvalue weighted by atomic mass is 10.1. The second kappa shape index (κ2) is 7.28. The molecule has 2 aromatic rings. The molecule has 0 atom stereocenters. The topological polar surface area (TPSA) is 21.3 Å². The minimum absolute atomic E-state index is 0.512. The highest BCUT2D eigenvalue weighted by atomic mass is 16.5. The van der Waals surface area contributed by atoms with Gasteiger partial charge in [-0.1, -0.05) is 44.2 Å². The summed E-state index contributed by atoms with van der Waals surface area (Å²) in [6.45, 7) is 10.0. The average Bonchev–Trinajstić information content (AvgIpc) is 2.43. The first-order chi connectivity index (χ1) is 10.0. The van der Waals surface area contributed by atoms with E-state index in [2.05, 4.69) is 75.5 Å². The fourth-order valence-corrected chi connectivity index (χ4v) is 2.26. The van der Waals surface area contributed by atoms with Gasteiger partial charge in [-0.2, -0.15) is 0 Å². The third kappa shape index (κ3) is 5.24. The molecule has 0 unspecified atom stereocenters. The molecule has 112 valence electrons. The van der Waals surface area contributed by atoms with Gasteiger partial charge < -0.3 is 10.1 Å². The summed E-state index contributed by atoms with van der Waals surface area (Å²) in [5.74, 6) is 0.943. The van der Waals surface area contributed by atoms with Crippen LogP contribution in [0.3, 0.4) is 0 Å². The van der Waals surface area contributed by atoms with Gasteiger partial charge in [0.15, 0.2) is 0 Å². The molecule has 0 aliphatic carbocycles. The van der Waals surface area contributed by atoms with Gasteiger partial charge in [-0.15, -0.1) is 0 Å². The van der Waals surface area contributed by atoms with Crippen LogP contribution in [0.5, 0.6) is 5.75 Å². The average molecular weight is 283 g/mol. The molecule has 0 aliphatic rings. The molecule has 0 fully saturated rings. The summed E-state index contributed by atoms with van der Waals surface area (Å²) in [7, 11) is 0. The molecule has 0 aliphatic heterocycles. The van der Waals surface area contributed by atoms with Crippen LogP contribution >= 0.6 is 0 Å². The van der Waals surface area contributed by atoms with Gasteiger partial charge in [0.2, 0.25) is 0 Å². The molecule has 0 aromatic heterocycles. The Hall–Kier alpha value is -1.80.